The van der Waals surface area contributed by atoms with Gasteiger partial charge in [0.05, 0.1) is 24.8 Å². The number of hydrogen-bond donors (Lipinski definition) is 0. The van der Waals surface area contributed by atoms with E-state index in [1.165, 1.54) is 5.56 Å². The molecule has 1 spiro atoms. The normalized spacial score (nSPS) is 25.0. The summed E-state index contributed by atoms with van der Waals surface area (Å²) in [5.74, 6) is 0.988. The molecule has 3 aliphatic rings. The van der Waals surface area contributed by atoms with Gasteiger partial charge in [0.2, 0.25) is 11.9 Å². The average molecular weight is 346 g/mol. The maximum Gasteiger partial charge on any atom is 0.228 e. The third-order valence-corrected chi connectivity index (χ3v) is 5.59. The highest BCUT2D eigenvalue weighted by Crippen LogP contribution is 2.41. The van der Waals surface area contributed by atoms with Crippen LogP contribution in [0, 0.1) is 5.92 Å². The number of carbonyl (C=O) groups excluding carboxylic acids is 1. The van der Waals surface area contributed by atoms with Gasteiger partial charge in [0, 0.05) is 40.0 Å². The van der Waals surface area contributed by atoms with Crippen LogP contribution < -0.4 is 4.90 Å². The largest absolute Gasteiger partial charge is 0.381 e. The average Bonchev–Trinajstić information content (AvgIpc) is 3.16. The Hall–Kier alpha value is -1.73. The molecule has 1 amide bonds. The summed E-state index contributed by atoms with van der Waals surface area (Å²) in [5.41, 5.74) is 1.83. The van der Waals surface area contributed by atoms with Gasteiger partial charge in [0.1, 0.15) is 5.60 Å². The van der Waals surface area contributed by atoms with Gasteiger partial charge in [-0.2, -0.15) is 0 Å². The van der Waals surface area contributed by atoms with Crippen LogP contribution in [0.4, 0.5) is 5.95 Å². The fraction of sp³-hybridized carbons (Fsp3) is 0.722. The number of likely N-dealkylation sites (tertiary alicyclic amines) is 1. The highest BCUT2D eigenvalue weighted by Gasteiger charge is 2.44. The molecule has 0 saturated carbocycles. The van der Waals surface area contributed by atoms with E-state index in [1.807, 2.05) is 30.1 Å². The number of ether oxygens (including phenoxy) is 2. The van der Waals surface area contributed by atoms with Crippen molar-refractivity contribution in [3.05, 3.63) is 17.5 Å². The van der Waals surface area contributed by atoms with E-state index in [-0.39, 0.29) is 17.4 Å². The van der Waals surface area contributed by atoms with Crippen LogP contribution >= 0.6 is 0 Å². The molecule has 0 aromatic carbocycles. The molecule has 0 radical (unpaired) electrons. The van der Waals surface area contributed by atoms with Crippen molar-refractivity contribution in [2.75, 3.05) is 51.9 Å². The van der Waals surface area contributed by atoms with Crippen LogP contribution in [0.1, 0.15) is 30.5 Å². The molecule has 4 heterocycles. The summed E-state index contributed by atoms with van der Waals surface area (Å²) in [6.45, 7) is 3.41. The number of rotatable bonds is 2. The molecular formula is C18H26N4O3. The van der Waals surface area contributed by atoms with Gasteiger partial charge in [-0.1, -0.05) is 0 Å². The van der Waals surface area contributed by atoms with Gasteiger partial charge in [-0.25, -0.2) is 9.97 Å². The molecule has 7 heteroatoms. The van der Waals surface area contributed by atoms with E-state index >= 15 is 0 Å². The molecule has 1 aromatic rings. The van der Waals surface area contributed by atoms with Gasteiger partial charge in [0.25, 0.3) is 0 Å². The SMILES string of the molecule is CN(C)c1ncc2c(n1)C1(CCN(C(=O)C3CCOC3)CC1)OCC2. The fourth-order valence-electron chi connectivity index (χ4n) is 4.07. The van der Waals surface area contributed by atoms with Gasteiger partial charge in [0.15, 0.2) is 0 Å². The molecule has 4 rings (SSSR count). The maximum atomic E-state index is 12.6. The molecule has 2 saturated heterocycles. The van der Waals surface area contributed by atoms with Crippen LogP contribution in [0.3, 0.4) is 0 Å². The molecular weight excluding hydrogens is 320 g/mol. The van der Waals surface area contributed by atoms with Gasteiger partial charge in [-0.3, -0.25) is 4.79 Å². The van der Waals surface area contributed by atoms with E-state index in [0.717, 1.165) is 44.5 Å². The van der Waals surface area contributed by atoms with E-state index in [2.05, 4.69) is 4.98 Å². The van der Waals surface area contributed by atoms with E-state index in [1.54, 1.807) is 0 Å². The monoisotopic (exact) mass is 346 g/mol. The van der Waals surface area contributed by atoms with Crippen LogP contribution in [0.5, 0.6) is 0 Å². The Bertz CT molecular complexity index is 650. The standard InChI is InChI=1S/C18H26N4O3/c1-21(2)17-19-11-13-4-10-25-18(15(13)20-17)5-7-22(8-6-18)16(23)14-3-9-24-12-14/h11,14H,3-10,12H2,1-2H3. The highest BCUT2D eigenvalue weighted by atomic mass is 16.5. The minimum Gasteiger partial charge on any atom is -0.381 e. The van der Waals surface area contributed by atoms with Crippen LogP contribution in [-0.2, 0) is 26.3 Å². The van der Waals surface area contributed by atoms with E-state index < -0.39 is 0 Å². The lowest BCUT2D eigenvalue weighted by atomic mass is 9.83. The second-order valence-corrected chi connectivity index (χ2v) is 7.42. The van der Waals surface area contributed by atoms with Crippen molar-refractivity contribution in [3.63, 3.8) is 0 Å². The Balaban J connectivity index is 1.53. The molecule has 1 aromatic heterocycles. The predicted octanol–water partition coefficient (Wildman–Crippen LogP) is 0.969. The third kappa shape index (κ3) is 3.00. The van der Waals surface area contributed by atoms with Crippen LogP contribution in [0.25, 0.3) is 0 Å². The molecule has 3 aliphatic heterocycles. The van der Waals surface area contributed by atoms with Gasteiger partial charge < -0.3 is 19.3 Å². The number of hydrogen-bond acceptors (Lipinski definition) is 6. The Morgan fingerprint density at radius 3 is 2.80 bits per heavy atom. The lowest BCUT2D eigenvalue weighted by Gasteiger charge is -2.44. The van der Waals surface area contributed by atoms with E-state index in [9.17, 15) is 4.79 Å². The highest BCUT2D eigenvalue weighted by molar-refractivity contribution is 5.79. The zero-order valence-electron chi connectivity index (χ0n) is 15.0. The third-order valence-electron chi connectivity index (χ3n) is 5.59. The van der Waals surface area contributed by atoms with Crippen molar-refractivity contribution in [2.24, 2.45) is 5.92 Å². The molecule has 7 nitrogen and oxygen atoms in total. The molecule has 0 N–H and O–H groups in total. The van der Waals surface area contributed by atoms with Crippen LogP contribution in [0.15, 0.2) is 6.20 Å². The van der Waals surface area contributed by atoms with Crippen molar-refractivity contribution in [1.29, 1.82) is 0 Å². The van der Waals surface area contributed by atoms with Crippen LogP contribution in [-0.4, -0.2) is 67.8 Å². The van der Waals surface area contributed by atoms with Crippen molar-refractivity contribution >= 4 is 11.9 Å². The van der Waals surface area contributed by atoms with Gasteiger partial charge in [-0.05, 0) is 31.2 Å². The zero-order chi connectivity index (χ0) is 17.4. The maximum absolute atomic E-state index is 12.6. The molecule has 0 aliphatic carbocycles. The minimum absolute atomic E-state index is 0.0382. The fourth-order valence-corrected chi connectivity index (χ4v) is 4.07. The lowest BCUT2D eigenvalue weighted by Crippen LogP contribution is -2.50. The summed E-state index contributed by atoms with van der Waals surface area (Å²) < 4.78 is 11.6. The smallest absolute Gasteiger partial charge is 0.228 e. The molecule has 1 unspecified atom stereocenters. The topological polar surface area (TPSA) is 67.8 Å². The number of piperidine rings is 1. The summed E-state index contributed by atoms with van der Waals surface area (Å²) >= 11 is 0. The van der Waals surface area contributed by atoms with E-state index in [0.29, 0.717) is 25.8 Å². The van der Waals surface area contributed by atoms with Gasteiger partial charge >= 0.3 is 0 Å². The first kappa shape index (κ1) is 16.7. The second-order valence-electron chi connectivity index (χ2n) is 7.42. The summed E-state index contributed by atoms with van der Waals surface area (Å²) in [6.07, 6.45) is 5.23. The molecule has 25 heavy (non-hydrogen) atoms. The van der Waals surface area contributed by atoms with Gasteiger partial charge in [-0.15, -0.1) is 0 Å². The minimum atomic E-state index is -0.371. The van der Waals surface area contributed by atoms with Crippen molar-refractivity contribution in [1.82, 2.24) is 14.9 Å². The molecule has 1 atom stereocenters. The summed E-state index contributed by atoms with van der Waals surface area (Å²) in [4.78, 5) is 25.8. The number of carbonyl (C=O) groups is 1. The van der Waals surface area contributed by atoms with E-state index in [4.69, 9.17) is 14.5 Å². The Morgan fingerprint density at radius 1 is 1.32 bits per heavy atom. The number of fused-ring (bicyclic) bond motifs is 2. The summed E-state index contributed by atoms with van der Waals surface area (Å²) in [7, 11) is 3.89. The molecule has 2 fully saturated rings. The summed E-state index contributed by atoms with van der Waals surface area (Å²) in [6, 6.07) is 0. The van der Waals surface area contributed by atoms with Crippen molar-refractivity contribution in [2.45, 2.75) is 31.3 Å². The Labute approximate surface area is 148 Å². The Morgan fingerprint density at radius 2 is 2.12 bits per heavy atom. The number of aromatic nitrogens is 2. The molecule has 0 bridgehead atoms. The lowest BCUT2D eigenvalue weighted by molar-refractivity contribution is -0.145. The Kier molecular flexibility index (Phi) is 4.37. The number of anilines is 1. The van der Waals surface area contributed by atoms with Crippen molar-refractivity contribution < 1.29 is 14.3 Å². The second kappa shape index (κ2) is 6.53. The predicted molar refractivity (Wildman–Crippen MR) is 92.4 cm³/mol. The zero-order valence-corrected chi connectivity index (χ0v) is 15.0. The number of nitrogens with zero attached hydrogens (tertiary/aromatic N) is 4. The number of amides is 1. The van der Waals surface area contributed by atoms with Crippen LogP contribution in [0.2, 0.25) is 0 Å². The first-order valence-corrected chi connectivity index (χ1v) is 9.13. The van der Waals surface area contributed by atoms with Crippen molar-refractivity contribution in [3.8, 4) is 0 Å². The molecule has 136 valence electrons. The quantitative estimate of drug-likeness (QED) is 0.795. The summed E-state index contributed by atoms with van der Waals surface area (Å²) in [5, 5.41) is 0. The first-order valence-electron chi connectivity index (χ1n) is 9.13. The first-order chi connectivity index (χ1) is 12.1.